The first-order valence-corrected chi connectivity index (χ1v) is 7.71. The van der Waals surface area contributed by atoms with Gasteiger partial charge in [-0.25, -0.2) is 0 Å². The van der Waals surface area contributed by atoms with Gasteiger partial charge in [-0.15, -0.1) is 0 Å². The molecule has 7 heteroatoms. The number of allylic oxidation sites excluding steroid dienone is 1. The van der Waals surface area contributed by atoms with Crippen molar-refractivity contribution in [1.82, 2.24) is 10.2 Å². The van der Waals surface area contributed by atoms with Crippen LogP contribution in [-0.4, -0.2) is 34.6 Å². The lowest BCUT2D eigenvalue weighted by molar-refractivity contribution is -0.137. The van der Waals surface area contributed by atoms with E-state index in [2.05, 4.69) is 10.6 Å². The van der Waals surface area contributed by atoms with Gasteiger partial charge in [-0.05, 0) is 31.6 Å². The first-order chi connectivity index (χ1) is 11.5. The molecule has 24 heavy (non-hydrogen) atoms. The lowest BCUT2D eigenvalue weighted by Gasteiger charge is -2.29. The molecule has 1 unspecified atom stereocenters. The number of hydrogen-bond donors (Lipinski definition) is 2. The Kier molecular flexibility index (Phi) is 4.16. The van der Waals surface area contributed by atoms with Crippen LogP contribution in [0.3, 0.4) is 0 Å². The van der Waals surface area contributed by atoms with Crippen LogP contribution in [0.1, 0.15) is 35.7 Å². The van der Waals surface area contributed by atoms with E-state index in [0.717, 1.165) is 0 Å². The van der Waals surface area contributed by atoms with E-state index in [0.29, 0.717) is 23.2 Å². The zero-order valence-electron chi connectivity index (χ0n) is 13.2. The van der Waals surface area contributed by atoms with Gasteiger partial charge in [-0.2, -0.15) is 0 Å². The highest BCUT2D eigenvalue weighted by Crippen LogP contribution is 2.32. The van der Waals surface area contributed by atoms with E-state index in [1.165, 1.54) is 11.0 Å². The summed E-state index contributed by atoms with van der Waals surface area (Å²) >= 11 is 0. The molecule has 7 nitrogen and oxygen atoms in total. The average Bonchev–Trinajstić information content (AvgIpc) is 2.86. The smallest absolute Gasteiger partial charge is 0.255 e. The van der Waals surface area contributed by atoms with Gasteiger partial charge in [-0.1, -0.05) is 12.1 Å². The van der Waals surface area contributed by atoms with E-state index in [-0.39, 0.29) is 30.7 Å². The maximum absolute atomic E-state index is 12.6. The lowest BCUT2D eigenvalue weighted by atomic mass is 10.0. The monoisotopic (exact) mass is 327 g/mol. The van der Waals surface area contributed by atoms with Crippen molar-refractivity contribution in [3.05, 3.63) is 41.5 Å². The topological polar surface area (TPSA) is 95.6 Å². The molecule has 0 radical (unpaired) electrons. The summed E-state index contributed by atoms with van der Waals surface area (Å²) < 4.78 is 0. The Morgan fingerprint density at radius 3 is 2.83 bits per heavy atom. The summed E-state index contributed by atoms with van der Waals surface area (Å²) in [6.45, 7) is 1.97. The molecule has 0 saturated carbocycles. The van der Waals surface area contributed by atoms with E-state index in [9.17, 15) is 19.2 Å². The fourth-order valence-corrected chi connectivity index (χ4v) is 3.03. The molecule has 0 aliphatic carbocycles. The third-order valence-corrected chi connectivity index (χ3v) is 4.16. The Morgan fingerprint density at radius 2 is 2.12 bits per heavy atom. The highest BCUT2D eigenvalue weighted by atomic mass is 16.2. The third kappa shape index (κ3) is 2.80. The van der Waals surface area contributed by atoms with Crippen LogP contribution in [-0.2, 0) is 20.9 Å². The predicted octanol–water partition coefficient (Wildman–Crippen LogP) is 0.962. The van der Waals surface area contributed by atoms with Gasteiger partial charge in [0.1, 0.15) is 6.04 Å². The number of piperidine rings is 1. The number of carbonyl (C=O) groups is 4. The number of fused-ring (bicyclic) bond motifs is 1. The van der Waals surface area contributed by atoms with Crippen molar-refractivity contribution in [1.29, 1.82) is 0 Å². The molecule has 2 N–H and O–H groups in total. The number of benzene rings is 1. The van der Waals surface area contributed by atoms with Crippen molar-refractivity contribution < 1.29 is 19.2 Å². The van der Waals surface area contributed by atoms with Crippen LogP contribution in [0.15, 0.2) is 30.4 Å². The number of carbonyl (C=O) groups excluding carboxylic acids is 4. The van der Waals surface area contributed by atoms with Crippen LogP contribution >= 0.6 is 0 Å². The number of nitrogens with one attached hydrogen (secondary N) is 2. The summed E-state index contributed by atoms with van der Waals surface area (Å²) in [6.07, 6.45) is 3.54. The number of rotatable bonds is 3. The van der Waals surface area contributed by atoms with E-state index in [1.54, 1.807) is 31.2 Å². The molecule has 2 aliphatic heterocycles. The molecule has 124 valence electrons. The van der Waals surface area contributed by atoms with Gasteiger partial charge >= 0.3 is 0 Å². The summed E-state index contributed by atoms with van der Waals surface area (Å²) in [7, 11) is 0. The lowest BCUT2D eigenvalue weighted by Crippen LogP contribution is -2.52. The Bertz CT molecular complexity index is 769. The van der Waals surface area contributed by atoms with Crippen molar-refractivity contribution in [3.63, 3.8) is 0 Å². The number of anilines is 1. The normalized spacial score (nSPS) is 20.3. The summed E-state index contributed by atoms with van der Waals surface area (Å²) in [4.78, 5) is 49.2. The largest absolute Gasteiger partial charge is 0.322 e. The Labute approximate surface area is 138 Å². The molecule has 1 atom stereocenters. The van der Waals surface area contributed by atoms with Gasteiger partial charge in [0.05, 0.1) is 0 Å². The Morgan fingerprint density at radius 1 is 1.33 bits per heavy atom. The standard InChI is InChI=1S/C17H17N3O4/c1-2-4-14(21)18-12-6-3-5-10-11(12)9-20(17(10)24)13-7-8-15(22)19-16(13)23/h2-6,13H,7-9H2,1H3,(H,18,21)(H,19,22,23)/b4-2+. The maximum Gasteiger partial charge on any atom is 0.255 e. The van der Waals surface area contributed by atoms with Crippen LogP contribution in [0.5, 0.6) is 0 Å². The fourth-order valence-electron chi connectivity index (χ4n) is 3.03. The summed E-state index contributed by atoms with van der Waals surface area (Å²) in [5.74, 6) is -1.31. The molecule has 2 heterocycles. The predicted molar refractivity (Wildman–Crippen MR) is 85.9 cm³/mol. The van der Waals surface area contributed by atoms with Crippen LogP contribution in [0, 0.1) is 0 Å². The van der Waals surface area contributed by atoms with Gasteiger partial charge < -0.3 is 10.2 Å². The minimum Gasteiger partial charge on any atom is -0.322 e. The first kappa shape index (κ1) is 15.9. The summed E-state index contributed by atoms with van der Waals surface area (Å²) in [5, 5.41) is 5.01. The van der Waals surface area contributed by atoms with Crippen LogP contribution in [0.25, 0.3) is 0 Å². The van der Waals surface area contributed by atoms with Gasteiger partial charge in [-0.3, -0.25) is 24.5 Å². The van der Waals surface area contributed by atoms with E-state index < -0.39 is 11.9 Å². The second kappa shape index (κ2) is 6.27. The molecule has 0 aromatic heterocycles. The molecule has 0 bridgehead atoms. The summed E-state index contributed by atoms with van der Waals surface area (Å²) in [6, 6.07) is 4.42. The molecule has 2 aliphatic rings. The second-order valence-electron chi connectivity index (χ2n) is 5.72. The van der Waals surface area contributed by atoms with Crippen molar-refractivity contribution >= 4 is 29.3 Å². The number of imide groups is 1. The van der Waals surface area contributed by atoms with Gasteiger partial charge in [0.15, 0.2) is 0 Å². The molecule has 3 rings (SSSR count). The number of hydrogen-bond acceptors (Lipinski definition) is 4. The van der Waals surface area contributed by atoms with E-state index >= 15 is 0 Å². The van der Waals surface area contributed by atoms with Gasteiger partial charge in [0.25, 0.3) is 5.91 Å². The van der Waals surface area contributed by atoms with Gasteiger partial charge in [0.2, 0.25) is 17.7 Å². The van der Waals surface area contributed by atoms with E-state index in [4.69, 9.17) is 0 Å². The molecule has 0 spiro atoms. The Balaban J connectivity index is 1.86. The number of amides is 4. The van der Waals surface area contributed by atoms with Crippen molar-refractivity contribution in [2.75, 3.05) is 5.32 Å². The summed E-state index contributed by atoms with van der Waals surface area (Å²) in [5.41, 5.74) is 1.71. The molecular formula is C17H17N3O4. The first-order valence-electron chi connectivity index (χ1n) is 7.71. The Hall–Kier alpha value is -2.96. The zero-order valence-corrected chi connectivity index (χ0v) is 13.2. The van der Waals surface area contributed by atoms with Crippen molar-refractivity contribution in [2.45, 2.75) is 32.4 Å². The molecule has 1 aromatic rings. The molecular weight excluding hydrogens is 310 g/mol. The zero-order chi connectivity index (χ0) is 17.3. The third-order valence-electron chi connectivity index (χ3n) is 4.16. The second-order valence-corrected chi connectivity index (χ2v) is 5.72. The van der Waals surface area contributed by atoms with Crippen LogP contribution in [0.2, 0.25) is 0 Å². The number of nitrogens with zero attached hydrogens (tertiary/aromatic N) is 1. The van der Waals surface area contributed by atoms with E-state index in [1.807, 2.05) is 0 Å². The molecule has 4 amide bonds. The van der Waals surface area contributed by atoms with Crippen molar-refractivity contribution in [3.8, 4) is 0 Å². The minimum absolute atomic E-state index is 0.210. The highest BCUT2D eigenvalue weighted by molar-refractivity contribution is 6.07. The highest BCUT2D eigenvalue weighted by Gasteiger charge is 2.39. The fraction of sp³-hybridized carbons (Fsp3) is 0.294. The SMILES string of the molecule is C/C=C/C(=O)Nc1cccc2c1CN(C1CCC(=O)NC1=O)C2=O. The van der Waals surface area contributed by atoms with Crippen molar-refractivity contribution in [2.24, 2.45) is 0 Å². The molecule has 1 saturated heterocycles. The quantitative estimate of drug-likeness (QED) is 0.638. The average molecular weight is 327 g/mol. The maximum atomic E-state index is 12.6. The molecule has 1 aromatic carbocycles. The van der Waals surface area contributed by atoms with Crippen LogP contribution in [0.4, 0.5) is 5.69 Å². The van der Waals surface area contributed by atoms with Gasteiger partial charge in [0, 0.05) is 29.8 Å². The minimum atomic E-state index is -0.665. The molecule has 1 fully saturated rings. The van der Waals surface area contributed by atoms with Crippen LogP contribution < -0.4 is 10.6 Å².